The van der Waals surface area contributed by atoms with E-state index >= 15 is 0 Å². The first-order valence-corrected chi connectivity index (χ1v) is 6.22. The van der Waals surface area contributed by atoms with Crippen LogP contribution in [0.4, 0.5) is 0 Å². The van der Waals surface area contributed by atoms with E-state index in [0.29, 0.717) is 25.4 Å². The Morgan fingerprint density at radius 2 is 2.11 bits per heavy atom. The fourth-order valence-corrected chi connectivity index (χ4v) is 1.74. The first-order valence-electron chi connectivity index (χ1n) is 6.22. The molecule has 1 aromatic carbocycles. The summed E-state index contributed by atoms with van der Waals surface area (Å²) in [6, 6.07) is 9.23. The number of nitrogens with zero attached hydrogens (tertiary/aromatic N) is 2. The van der Waals surface area contributed by atoms with Gasteiger partial charge in [-0.2, -0.15) is 10.2 Å². The van der Waals surface area contributed by atoms with Gasteiger partial charge >= 0.3 is 0 Å². The Bertz CT molecular complexity index is 517. The van der Waals surface area contributed by atoms with Crippen molar-refractivity contribution in [3.63, 3.8) is 0 Å². The van der Waals surface area contributed by atoms with Crippen molar-refractivity contribution in [2.24, 2.45) is 0 Å². The Kier molecular flexibility index (Phi) is 4.69. The second kappa shape index (κ2) is 6.70. The van der Waals surface area contributed by atoms with Crippen molar-refractivity contribution in [3.8, 4) is 11.5 Å². The standard InChI is InChI=1S/C14H17N3O2/c1-2-19-13-7-3-5-11(14(13)18)9-15-10-12-6-4-8-16-17-12/h3-8,15,18H,2,9-10H2,1H3. The van der Waals surface area contributed by atoms with Crippen LogP contribution in [-0.4, -0.2) is 21.9 Å². The fourth-order valence-electron chi connectivity index (χ4n) is 1.74. The van der Waals surface area contributed by atoms with E-state index in [2.05, 4.69) is 15.5 Å². The SMILES string of the molecule is CCOc1cccc(CNCc2cccnn2)c1O. The van der Waals surface area contributed by atoms with Gasteiger partial charge in [0.2, 0.25) is 0 Å². The lowest BCUT2D eigenvalue weighted by Gasteiger charge is -2.10. The lowest BCUT2D eigenvalue weighted by atomic mass is 10.2. The molecule has 19 heavy (non-hydrogen) atoms. The molecule has 1 heterocycles. The van der Waals surface area contributed by atoms with Crippen LogP contribution in [0.1, 0.15) is 18.2 Å². The molecule has 5 nitrogen and oxygen atoms in total. The van der Waals surface area contributed by atoms with Gasteiger partial charge < -0.3 is 15.2 Å². The van der Waals surface area contributed by atoms with Crippen LogP contribution in [0.15, 0.2) is 36.5 Å². The monoisotopic (exact) mass is 259 g/mol. The molecule has 0 bridgehead atoms. The number of phenolic OH excluding ortho intramolecular Hbond substituents is 1. The summed E-state index contributed by atoms with van der Waals surface area (Å²) in [7, 11) is 0. The number of ether oxygens (including phenoxy) is 1. The number of para-hydroxylation sites is 1. The van der Waals surface area contributed by atoms with E-state index < -0.39 is 0 Å². The van der Waals surface area contributed by atoms with E-state index in [-0.39, 0.29) is 5.75 Å². The topological polar surface area (TPSA) is 67.3 Å². The van der Waals surface area contributed by atoms with Crippen LogP contribution in [0.5, 0.6) is 11.5 Å². The van der Waals surface area contributed by atoms with Crippen molar-refractivity contribution in [2.75, 3.05) is 6.61 Å². The molecule has 0 radical (unpaired) electrons. The summed E-state index contributed by atoms with van der Waals surface area (Å²) < 4.78 is 5.34. The van der Waals surface area contributed by atoms with Crippen LogP contribution >= 0.6 is 0 Å². The lowest BCUT2D eigenvalue weighted by Crippen LogP contribution is -2.14. The van der Waals surface area contributed by atoms with E-state index in [9.17, 15) is 5.11 Å². The molecule has 100 valence electrons. The van der Waals surface area contributed by atoms with Crippen molar-refractivity contribution < 1.29 is 9.84 Å². The highest BCUT2D eigenvalue weighted by atomic mass is 16.5. The Balaban J connectivity index is 1.94. The Hall–Kier alpha value is -2.14. The molecule has 1 aromatic heterocycles. The van der Waals surface area contributed by atoms with Crippen molar-refractivity contribution in [2.45, 2.75) is 20.0 Å². The van der Waals surface area contributed by atoms with Gasteiger partial charge in [-0.15, -0.1) is 0 Å². The zero-order chi connectivity index (χ0) is 13.5. The predicted molar refractivity (Wildman–Crippen MR) is 71.9 cm³/mol. The van der Waals surface area contributed by atoms with Gasteiger partial charge in [0.25, 0.3) is 0 Å². The Labute approximate surface area is 112 Å². The second-order valence-corrected chi connectivity index (χ2v) is 4.02. The van der Waals surface area contributed by atoms with Crippen molar-refractivity contribution in [3.05, 3.63) is 47.8 Å². The van der Waals surface area contributed by atoms with Gasteiger partial charge in [0.15, 0.2) is 11.5 Å². The van der Waals surface area contributed by atoms with Gasteiger partial charge in [-0.05, 0) is 25.1 Å². The van der Waals surface area contributed by atoms with Crippen LogP contribution in [0, 0.1) is 0 Å². The molecule has 0 aliphatic rings. The molecule has 0 amide bonds. The summed E-state index contributed by atoms with van der Waals surface area (Å²) in [5.41, 5.74) is 1.66. The third kappa shape index (κ3) is 3.66. The van der Waals surface area contributed by atoms with Gasteiger partial charge in [0.05, 0.1) is 12.3 Å². The molecular weight excluding hydrogens is 242 g/mol. The maximum atomic E-state index is 10.0. The van der Waals surface area contributed by atoms with E-state index in [1.165, 1.54) is 0 Å². The number of aromatic nitrogens is 2. The van der Waals surface area contributed by atoms with Gasteiger partial charge in [0.1, 0.15) is 0 Å². The molecule has 2 N–H and O–H groups in total. The van der Waals surface area contributed by atoms with Crippen molar-refractivity contribution in [1.82, 2.24) is 15.5 Å². The van der Waals surface area contributed by atoms with E-state index in [0.717, 1.165) is 11.3 Å². The van der Waals surface area contributed by atoms with Crippen molar-refractivity contribution >= 4 is 0 Å². The van der Waals surface area contributed by atoms with Crippen LogP contribution < -0.4 is 10.1 Å². The molecule has 0 aliphatic heterocycles. The number of rotatable bonds is 6. The number of aromatic hydroxyl groups is 1. The number of phenols is 1. The number of benzene rings is 1. The molecule has 2 rings (SSSR count). The van der Waals surface area contributed by atoms with Crippen LogP contribution in [0.2, 0.25) is 0 Å². The molecule has 0 aliphatic carbocycles. The maximum Gasteiger partial charge on any atom is 0.162 e. The van der Waals surface area contributed by atoms with E-state index in [1.54, 1.807) is 12.3 Å². The largest absolute Gasteiger partial charge is 0.504 e. The number of hydrogen-bond donors (Lipinski definition) is 2. The highest BCUT2D eigenvalue weighted by Crippen LogP contribution is 2.29. The van der Waals surface area contributed by atoms with Gasteiger partial charge in [-0.1, -0.05) is 12.1 Å². The summed E-state index contributed by atoms with van der Waals surface area (Å²) >= 11 is 0. The molecule has 5 heteroatoms. The summed E-state index contributed by atoms with van der Waals surface area (Å²) in [6.45, 7) is 3.57. The Morgan fingerprint density at radius 3 is 2.84 bits per heavy atom. The smallest absolute Gasteiger partial charge is 0.162 e. The minimum absolute atomic E-state index is 0.191. The van der Waals surface area contributed by atoms with E-state index in [1.807, 2.05) is 31.2 Å². The van der Waals surface area contributed by atoms with Crippen LogP contribution in [0.25, 0.3) is 0 Å². The molecule has 0 saturated carbocycles. The van der Waals surface area contributed by atoms with Gasteiger partial charge in [-0.25, -0.2) is 0 Å². The average Bonchev–Trinajstić information content (AvgIpc) is 2.44. The minimum atomic E-state index is 0.191. The highest BCUT2D eigenvalue weighted by molar-refractivity contribution is 5.45. The molecule has 0 atom stereocenters. The van der Waals surface area contributed by atoms with Crippen LogP contribution in [0.3, 0.4) is 0 Å². The molecule has 2 aromatic rings. The second-order valence-electron chi connectivity index (χ2n) is 4.02. The summed E-state index contributed by atoms with van der Waals surface area (Å²) in [5, 5.41) is 21.0. The van der Waals surface area contributed by atoms with Gasteiger partial charge in [0, 0.05) is 24.8 Å². The molecule has 0 spiro atoms. The average molecular weight is 259 g/mol. The molecular formula is C14H17N3O2. The third-order valence-corrected chi connectivity index (χ3v) is 2.63. The van der Waals surface area contributed by atoms with E-state index in [4.69, 9.17) is 4.74 Å². The predicted octanol–water partition coefficient (Wildman–Crippen LogP) is 1.87. The lowest BCUT2D eigenvalue weighted by molar-refractivity contribution is 0.316. The zero-order valence-corrected chi connectivity index (χ0v) is 10.8. The first kappa shape index (κ1) is 13.3. The zero-order valence-electron chi connectivity index (χ0n) is 10.8. The Morgan fingerprint density at radius 1 is 1.21 bits per heavy atom. The quantitative estimate of drug-likeness (QED) is 0.829. The molecule has 0 fully saturated rings. The summed E-state index contributed by atoms with van der Waals surface area (Å²) in [6.07, 6.45) is 1.64. The first-order chi connectivity index (χ1) is 9.31. The fraction of sp³-hybridized carbons (Fsp3) is 0.286. The number of hydrogen-bond acceptors (Lipinski definition) is 5. The maximum absolute atomic E-state index is 10.0. The summed E-state index contributed by atoms with van der Waals surface area (Å²) in [4.78, 5) is 0. The van der Waals surface area contributed by atoms with Gasteiger partial charge in [-0.3, -0.25) is 0 Å². The molecule has 0 saturated heterocycles. The molecule has 0 unspecified atom stereocenters. The van der Waals surface area contributed by atoms with Crippen LogP contribution in [-0.2, 0) is 13.1 Å². The highest BCUT2D eigenvalue weighted by Gasteiger charge is 2.07. The normalized spacial score (nSPS) is 10.4. The number of nitrogens with one attached hydrogen (secondary N) is 1. The van der Waals surface area contributed by atoms with Crippen molar-refractivity contribution in [1.29, 1.82) is 0 Å². The minimum Gasteiger partial charge on any atom is -0.504 e. The summed E-state index contributed by atoms with van der Waals surface area (Å²) in [5.74, 6) is 0.706. The third-order valence-electron chi connectivity index (χ3n) is 2.63.